The van der Waals surface area contributed by atoms with Crippen molar-refractivity contribution >= 4 is 5.91 Å². The summed E-state index contributed by atoms with van der Waals surface area (Å²) in [5.41, 5.74) is 2.13. The molecule has 2 atom stereocenters. The highest BCUT2D eigenvalue weighted by molar-refractivity contribution is 5.92. The monoisotopic (exact) mass is 355 g/mol. The molecule has 1 saturated heterocycles. The van der Waals surface area contributed by atoms with Crippen molar-refractivity contribution in [1.82, 2.24) is 15.1 Å². The molecule has 0 bridgehead atoms. The number of aliphatic hydroxyl groups excluding tert-OH is 1. The maximum atomic E-state index is 12.9. The van der Waals surface area contributed by atoms with Crippen LogP contribution in [0.5, 0.6) is 5.75 Å². The molecule has 6 nitrogen and oxygen atoms in total. The van der Waals surface area contributed by atoms with E-state index >= 15 is 0 Å². The van der Waals surface area contributed by atoms with Gasteiger partial charge in [-0.1, -0.05) is 32.0 Å². The van der Waals surface area contributed by atoms with E-state index < -0.39 is 0 Å². The Bertz CT molecular complexity index is 816. The number of H-pyrrole nitrogens is 1. The average molecular weight is 355 g/mol. The summed E-state index contributed by atoms with van der Waals surface area (Å²) < 4.78 is 5.99. The predicted octanol–water partition coefficient (Wildman–Crippen LogP) is 2.22. The number of benzene rings is 1. The summed E-state index contributed by atoms with van der Waals surface area (Å²) in [6.07, 6.45) is 0.714. The van der Waals surface area contributed by atoms with Crippen molar-refractivity contribution in [3.8, 4) is 5.75 Å². The number of nitrogens with one attached hydrogen (secondary N) is 1. The predicted molar refractivity (Wildman–Crippen MR) is 97.2 cm³/mol. The van der Waals surface area contributed by atoms with Crippen molar-refractivity contribution in [2.24, 2.45) is 11.3 Å². The van der Waals surface area contributed by atoms with E-state index in [1.165, 1.54) is 0 Å². The van der Waals surface area contributed by atoms with Gasteiger partial charge in [0.2, 0.25) is 0 Å². The van der Waals surface area contributed by atoms with E-state index in [1.807, 2.05) is 35.2 Å². The van der Waals surface area contributed by atoms with E-state index in [0.717, 1.165) is 17.0 Å². The second-order valence-corrected chi connectivity index (χ2v) is 7.86. The fourth-order valence-electron chi connectivity index (χ4n) is 4.12. The maximum Gasteiger partial charge on any atom is 0.274 e. The first kappa shape index (κ1) is 17.1. The average Bonchev–Trinajstić information content (AvgIpc) is 3.23. The smallest absolute Gasteiger partial charge is 0.274 e. The number of aliphatic hydroxyl groups is 1. The minimum atomic E-state index is -0.362. The number of aromatic nitrogens is 2. The van der Waals surface area contributed by atoms with Crippen LogP contribution in [-0.2, 0) is 6.42 Å². The molecule has 1 fully saturated rings. The summed E-state index contributed by atoms with van der Waals surface area (Å²) in [7, 11) is 0. The van der Waals surface area contributed by atoms with Crippen LogP contribution in [0.1, 0.15) is 41.5 Å². The summed E-state index contributed by atoms with van der Waals surface area (Å²) >= 11 is 0. The molecule has 0 saturated carbocycles. The number of likely N-dealkylation sites (tertiary alicyclic amines) is 1. The standard InChI is InChI=1S/C20H25N3O3/c1-13(2)16-7-17(22-21-16)19(25)23-9-15-10-26-18-6-4-3-5-14(18)8-20(15,11-23)12-24/h3-7,13,15,24H,8-12H2,1-2H3,(H,21,22)/t15-,20-/m0/s1. The lowest BCUT2D eigenvalue weighted by Gasteiger charge is -2.30. The van der Waals surface area contributed by atoms with E-state index in [1.54, 1.807) is 0 Å². The third-order valence-electron chi connectivity index (χ3n) is 5.81. The van der Waals surface area contributed by atoms with E-state index in [0.29, 0.717) is 37.7 Å². The van der Waals surface area contributed by atoms with Gasteiger partial charge in [0, 0.05) is 30.1 Å². The highest BCUT2D eigenvalue weighted by Crippen LogP contribution is 2.43. The van der Waals surface area contributed by atoms with Crippen LogP contribution in [0.25, 0.3) is 0 Å². The summed E-state index contributed by atoms with van der Waals surface area (Å²) in [4.78, 5) is 14.8. The lowest BCUT2D eigenvalue weighted by atomic mass is 9.75. The van der Waals surface area contributed by atoms with Gasteiger partial charge in [0.1, 0.15) is 11.4 Å². The van der Waals surface area contributed by atoms with Crippen LogP contribution >= 0.6 is 0 Å². The molecule has 1 aromatic heterocycles. The number of carbonyl (C=O) groups is 1. The quantitative estimate of drug-likeness (QED) is 0.885. The van der Waals surface area contributed by atoms with Gasteiger partial charge in [-0.05, 0) is 30.0 Å². The van der Waals surface area contributed by atoms with E-state index in [2.05, 4.69) is 24.0 Å². The normalized spacial score (nSPS) is 24.8. The molecule has 0 spiro atoms. The Morgan fingerprint density at radius 2 is 2.27 bits per heavy atom. The van der Waals surface area contributed by atoms with Crippen LogP contribution in [0.3, 0.4) is 0 Å². The van der Waals surface area contributed by atoms with Gasteiger partial charge in [0.25, 0.3) is 5.91 Å². The Hall–Kier alpha value is -2.34. The Morgan fingerprint density at radius 1 is 1.46 bits per heavy atom. The summed E-state index contributed by atoms with van der Waals surface area (Å²) in [6, 6.07) is 9.80. The van der Waals surface area contributed by atoms with Gasteiger partial charge in [-0.2, -0.15) is 5.10 Å². The Balaban J connectivity index is 1.58. The van der Waals surface area contributed by atoms with Crippen LogP contribution in [0.4, 0.5) is 0 Å². The zero-order valence-electron chi connectivity index (χ0n) is 15.2. The van der Waals surface area contributed by atoms with Crippen molar-refractivity contribution in [3.05, 3.63) is 47.3 Å². The molecular weight excluding hydrogens is 330 g/mol. The molecule has 0 unspecified atom stereocenters. The fraction of sp³-hybridized carbons (Fsp3) is 0.500. The molecule has 2 aliphatic heterocycles. The largest absolute Gasteiger partial charge is 0.493 e. The fourth-order valence-corrected chi connectivity index (χ4v) is 4.12. The molecular formula is C20H25N3O3. The van der Waals surface area contributed by atoms with Gasteiger partial charge in [0.15, 0.2) is 0 Å². The third kappa shape index (κ3) is 2.78. The Kier molecular flexibility index (Phi) is 4.23. The first-order chi connectivity index (χ1) is 12.5. The molecule has 1 amide bonds. The van der Waals surface area contributed by atoms with E-state index in [9.17, 15) is 9.90 Å². The van der Waals surface area contributed by atoms with E-state index in [4.69, 9.17) is 4.74 Å². The number of fused-ring (bicyclic) bond motifs is 2. The maximum absolute atomic E-state index is 12.9. The van der Waals surface area contributed by atoms with Gasteiger partial charge < -0.3 is 14.7 Å². The first-order valence-electron chi connectivity index (χ1n) is 9.18. The number of aromatic amines is 1. The number of para-hydroxylation sites is 1. The number of nitrogens with zero attached hydrogens (tertiary/aromatic N) is 2. The third-order valence-corrected chi connectivity index (χ3v) is 5.81. The summed E-state index contributed by atoms with van der Waals surface area (Å²) in [6.45, 7) is 5.78. The van der Waals surface area contributed by atoms with Crippen molar-refractivity contribution in [3.63, 3.8) is 0 Å². The highest BCUT2D eigenvalue weighted by Gasteiger charge is 2.49. The van der Waals surface area contributed by atoms with Crippen molar-refractivity contribution < 1.29 is 14.6 Å². The second-order valence-electron chi connectivity index (χ2n) is 7.86. The van der Waals surface area contributed by atoms with Crippen LogP contribution in [-0.4, -0.2) is 52.4 Å². The number of rotatable bonds is 3. The molecule has 138 valence electrons. The van der Waals surface area contributed by atoms with Gasteiger partial charge in [-0.3, -0.25) is 9.89 Å². The molecule has 26 heavy (non-hydrogen) atoms. The zero-order chi connectivity index (χ0) is 18.3. The zero-order valence-corrected chi connectivity index (χ0v) is 15.2. The summed E-state index contributed by atoms with van der Waals surface area (Å²) in [5, 5.41) is 17.4. The van der Waals surface area contributed by atoms with Crippen LogP contribution in [0.2, 0.25) is 0 Å². The van der Waals surface area contributed by atoms with Gasteiger partial charge in [-0.25, -0.2) is 0 Å². The molecule has 2 aliphatic rings. The topological polar surface area (TPSA) is 78.5 Å². The number of ether oxygens (including phenoxy) is 1. The number of hydrogen-bond acceptors (Lipinski definition) is 4. The van der Waals surface area contributed by atoms with Gasteiger partial charge in [-0.15, -0.1) is 0 Å². The van der Waals surface area contributed by atoms with Crippen LogP contribution < -0.4 is 4.74 Å². The minimum Gasteiger partial charge on any atom is -0.493 e. The molecule has 4 rings (SSSR count). The number of amides is 1. The lowest BCUT2D eigenvalue weighted by molar-refractivity contribution is 0.0690. The lowest BCUT2D eigenvalue weighted by Crippen LogP contribution is -2.38. The molecule has 3 heterocycles. The summed E-state index contributed by atoms with van der Waals surface area (Å²) in [5.74, 6) is 1.21. The van der Waals surface area contributed by atoms with Crippen LogP contribution in [0, 0.1) is 11.3 Å². The molecule has 2 aromatic rings. The van der Waals surface area contributed by atoms with Crippen molar-refractivity contribution in [1.29, 1.82) is 0 Å². The molecule has 1 aromatic carbocycles. The van der Waals surface area contributed by atoms with Gasteiger partial charge in [0.05, 0.1) is 13.2 Å². The Labute approximate surface area is 153 Å². The number of hydrogen-bond donors (Lipinski definition) is 2. The highest BCUT2D eigenvalue weighted by atomic mass is 16.5. The Morgan fingerprint density at radius 3 is 3.00 bits per heavy atom. The number of carbonyl (C=O) groups excluding carboxylic acids is 1. The molecule has 0 aliphatic carbocycles. The van der Waals surface area contributed by atoms with Crippen LogP contribution in [0.15, 0.2) is 30.3 Å². The molecule has 0 radical (unpaired) electrons. The van der Waals surface area contributed by atoms with Gasteiger partial charge >= 0.3 is 0 Å². The molecule has 2 N–H and O–H groups in total. The van der Waals surface area contributed by atoms with Crippen molar-refractivity contribution in [2.75, 3.05) is 26.3 Å². The minimum absolute atomic E-state index is 0.0386. The SMILES string of the molecule is CC(C)c1cc(C(=O)N2C[C@H]3COc4ccccc4C[C@@]3(CO)C2)n[nH]1. The van der Waals surface area contributed by atoms with E-state index in [-0.39, 0.29) is 23.8 Å². The van der Waals surface area contributed by atoms with Crippen molar-refractivity contribution in [2.45, 2.75) is 26.2 Å². The molecule has 6 heteroatoms. The first-order valence-corrected chi connectivity index (χ1v) is 9.18. The second kappa shape index (κ2) is 6.43.